The van der Waals surface area contributed by atoms with Crippen molar-refractivity contribution in [3.05, 3.63) is 47.8 Å². The number of nitrogens with one attached hydrogen (secondary N) is 1. The number of anilines is 1. The molecular weight excluding hydrogens is 358 g/mol. The maximum absolute atomic E-state index is 12.8. The highest BCUT2D eigenvalue weighted by molar-refractivity contribution is 6.06. The SMILES string of the molecule is O=C(Nc1ccc2c(c1)OCCO2)c1cncc(C(=O)N2CCCCCC2)c1. The van der Waals surface area contributed by atoms with E-state index in [1.54, 1.807) is 24.3 Å². The van der Waals surface area contributed by atoms with Gasteiger partial charge >= 0.3 is 0 Å². The Balaban J connectivity index is 1.47. The Morgan fingerprint density at radius 3 is 2.39 bits per heavy atom. The molecule has 2 aliphatic rings. The largest absolute Gasteiger partial charge is 0.486 e. The molecule has 0 spiro atoms. The van der Waals surface area contributed by atoms with Gasteiger partial charge in [-0.15, -0.1) is 0 Å². The van der Waals surface area contributed by atoms with Gasteiger partial charge < -0.3 is 19.7 Å². The van der Waals surface area contributed by atoms with Crippen LogP contribution in [-0.2, 0) is 0 Å². The lowest BCUT2D eigenvalue weighted by molar-refractivity contribution is 0.0761. The summed E-state index contributed by atoms with van der Waals surface area (Å²) in [6.45, 7) is 2.51. The summed E-state index contributed by atoms with van der Waals surface area (Å²) < 4.78 is 11.0. The second-order valence-corrected chi connectivity index (χ2v) is 6.98. The quantitative estimate of drug-likeness (QED) is 0.884. The molecule has 2 aromatic rings. The second kappa shape index (κ2) is 8.29. The van der Waals surface area contributed by atoms with Crippen LogP contribution in [0.3, 0.4) is 0 Å². The molecule has 3 heterocycles. The van der Waals surface area contributed by atoms with Crippen molar-refractivity contribution in [1.82, 2.24) is 9.88 Å². The molecule has 0 atom stereocenters. The first-order valence-corrected chi connectivity index (χ1v) is 9.66. The summed E-state index contributed by atoms with van der Waals surface area (Å²) in [5.74, 6) is 0.876. The Kier molecular flexibility index (Phi) is 5.41. The van der Waals surface area contributed by atoms with Crippen molar-refractivity contribution in [2.45, 2.75) is 25.7 Å². The lowest BCUT2D eigenvalue weighted by Crippen LogP contribution is -2.32. The van der Waals surface area contributed by atoms with Gasteiger partial charge in [-0.25, -0.2) is 0 Å². The fourth-order valence-electron chi connectivity index (χ4n) is 3.46. The lowest BCUT2D eigenvalue weighted by atomic mass is 10.1. The number of fused-ring (bicyclic) bond motifs is 1. The molecule has 0 radical (unpaired) electrons. The first kappa shape index (κ1) is 18.3. The Labute approximate surface area is 163 Å². The van der Waals surface area contributed by atoms with Crippen LogP contribution in [0.5, 0.6) is 11.5 Å². The highest BCUT2D eigenvalue weighted by Gasteiger charge is 2.19. The Bertz CT molecular complexity index is 876. The first-order chi connectivity index (χ1) is 13.7. The number of aromatic nitrogens is 1. The van der Waals surface area contributed by atoms with Gasteiger partial charge in [0.2, 0.25) is 0 Å². The van der Waals surface area contributed by atoms with Crippen molar-refractivity contribution in [3.8, 4) is 11.5 Å². The second-order valence-electron chi connectivity index (χ2n) is 6.98. The van der Waals surface area contributed by atoms with Crippen molar-refractivity contribution in [1.29, 1.82) is 0 Å². The molecule has 7 heteroatoms. The number of likely N-dealkylation sites (tertiary alicyclic amines) is 1. The molecule has 146 valence electrons. The molecule has 1 N–H and O–H groups in total. The van der Waals surface area contributed by atoms with Crippen molar-refractivity contribution >= 4 is 17.5 Å². The molecular formula is C21H23N3O4. The predicted molar refractivity (Wildman–Crippen MR) is 104 cm³/mol. The lowest BCUT2D eigenvalue weighted by Gasteiger charge is -2.20. The van der Waals surface area contributed by atoms with Crippen LogP contribution >= 0.6 is 0 Å². The van der Waals surface area contributed by atoms with Crippen LogP contribution in [0.15, 0.2) is 36.7 Å². The molecule has 2 amide bonds. The van der Waals surface area contributed by atoms with E-state index in [1.807, 2.05) is 4.90 Å². The van der Waals surface area contributed by atoms with Crippen LogP contribution in [0.2, 0.25) is 0 Å². The predicted octanol–water partition coefficient (Wildman–Crippen LogP) is 3.12. The number of amides is 2. The maximum atomic E-state index is 12.8. The summed E-state index contributed by atoms with van der Waals surface area (Å²) in [7, 11) is 0. The average Bonchev–Trinajstić information content (AvgIpc) is 3.03. The highest BCUT2D eigenvalue weighted by Crippen LogP contribution is 2.32. The highest BCUT2D eigenvalue weighted by atomic mass is 16.6. The number of nitrogens with zero attached hydrogens (tertiary/aromatic N) is 2. The topological polar surface area (TPSA) is 80.8 Å². The minimum absolute atomic E-state index is 0.0663. The smallest absolute Gasteiger partial charge is 0.257 e. The number of pyridine rings is 1. The van der Waals surface area contributed by atoms with E-state index in [-0.39, 0.29) is 11.8 Å². The van der Waals surface area contributed by atoms with E-state index in [4.69, 9.17) is 9.47 Å². The summed E-state index contributed by atoms with van der Waals surface area (Å²) >= 11 is 0. The third-order valence-corrected chi connectivity index (χ3v) is 4.94. The zero-order valence-corrected chi connectivity index (χ0v) is 15.6. The number of carbonyl (C=O) groups is 2. The number of ether oxygens (including phenoxy) is 2. The van der Waals surface area contributed by atoms with Crippen LogP contribution in [0.25, 0.3) is 0 Å². The molecule has 0 unspecified atom stereocenters. The first-order valence-electron chi connectivity index (χ1n) is 9.66. The van der Waals surface area contributed by atoms with E-state index in [9.17, 15) is 9.59 Å². The fourth-order valence-corrected chi connectivity index (χ4v) is 3.46. The Morgan fingerprint density at radius 1 is 0.893 bits per heavy atom. The van der Waals surface area contributed by atoms with Crippen molar-refractivity contribution in [2.75, 3.05) is 31.6 Å². The van der Waals surface area contributed by atoms with E-state index in [2.05, 4.69) is 10.3 Å². The number of carbonyl (C=O) groups excluding carboxylic acids is 2. The third-order valence-electron chi connectivity index (χ3n) is 4.94. The summed E-state index contributed by atoms with van der Waals surface area (Å²) in [5, 5.41) is 2.82. The van der Waals surface area contributed by atoms with E-state index < -0.39 is 0 Å². The molecule has 28 heavy (non-hydrogen) atoms. The summed E-state index contributed by atoms with van der Waals surface area (Å²) in [6, 6.07) is 6.85. The fraction of sp³-hybridized carbons (Fsp3) is 0.381. The van der Waals surface area contributed by atoms with Crippen molar-refractivity contribution < 1.29 is 19.1 Å². The van der Waals surface area contributed by atoms with E-state index in [0.717, 1.165) is 38.8 Å². The molecule has 1 fully saturated rings. The van der Waals surface area contributed by atoms with Gasteiger partial charge in [-0.1, -0.05) is 12.8 Å². The number of benzene rings is 1. The van der Waals surface area contributed by atoms with Gasteiger partial charge in [0.25, 0.3) is 11.8 Å². The van der Waals surface area contributed by atoms with Crippen LogP contribution in [0.4, 0.5) is 5.69 Å². The molecule has 7 nitrogen and oxygen atoms in total. The molecule has 0 aliphatic carbocycles. The van der Waals surface area contributed by atoms with Gasteiger partial charge in [0.15, 0.2) is 11.5 Å². The normalized spacial score (nSPS) is 16.2. The van der Waals surface area contributed by atoms with Crippen molar-refractivity contribution in [2.24, 2.45) is 0 Å². The van der Waals surface area contributed by atoms with Gasteiger partial charge in [-0.3, -0.25) is 14.6 Å². The molecule has 1 aromatic heterocycles. The van der Waals surface area contributed by atoms with Gasteiger partial charge in [-0.2, -0.15) is 0 Å². The van der Waals surface area contributed by atoms with Gasteiger partial charge in [0.1, 0.15) is 13.2 Å². The van der Waals surface area contributed by atoms with E-state index >= 15 is 0 Å². The molecule has 1 aromatic carbocycles. The van der Waals surface area contributed by atoms with Crippen LogP contribution in [-0.4, -0.2) is 48.0 Å². The number of hydrogen-bond acceptors (Lipinski definition) is 5. The van der Waals surface area contributed by atoms with Crippen LogP contribution in [0.1, 0.15) is 46.4 Å². The zero-order valence-electron chi connectivity index (χ0n) is 15.6. The zero-order chi connectivity index (χ0) is 19.3. The maximum Gasteiger partial charge on any atom is 0.257 e. The Hall–Kier alpha value is -3.09. The minimum Gasteiger partial charge on any atom is -0.486 e. The summed E-state index contributed by atoms with van der Waals surface area (Å²) in [4.78, 5) is 31.4. The average molecular weight is 381 g/mol. The summed E-state index contributed by atoms with van der Waals surface area (Å²) in [6.07, 6.45) is 7.33. The van der Waals surface area contributed by atoms with Crippen LogP contribution < -0.4 is 14.8 Å². The number of hydrogen-bond donors (Lipinski definition) is 1. The molecule has 0 bridgehead atoms. The standard InChI is InChI=1S/C21H23N3O4/c25-20(23-17-5-6-18-19(12-17)28-10-9-27-18)15-11-16(14-22-13-15)21(26)24-7-3-1-2-4-8-24/h5-6,11-14H,1-4,7-10H2,(H,23,25). The van der Waals surface area contributed by atoms with Crippen molar-refractivity contribution in [3.63, 3.8) is 0 Å². The summed E-state index contributed by atoms with van der Waals surface area (Å²) in [5.41, 5.74) is 1.38. The molecule has 4 rings (SSSR count). The Morgan fingerprint density at radius 2 is 1.61 bits per heavy atom. The molecule has 1 saturated heterocycles. The minimum atomic E-state index is -0.324. The molecule has 2 aliphatic heterocycles. The molecule has 0 saturated carbocycles. The van der Waals surface area contributed by atoms with Gasteiger partial charge in [-0.05, 0) is 31.0 Å². The monoisotopic (exact) mass is 381 g/mol. The van der Waals surface area contributed by atoms with Crippen LogP contribution in [0, 0.1) is 0 Å². The number of rotatable bonds is 3. The van der Waals surface area contributed by atoms with Gasteiger partial charge in [0, 0.05) is 37.2 Å². The van der Waals surface area contributed by atoms with E-state index in [0.29, 0.717) is 41.5 Å². The van der Waals surface area contributed by atoms with E-state index in [1.165, 1.54) is 12.4 Å². The third kappa shape index (κ3) is 4.08. The van der Waals surface area contributed by atoms with Gasteiger partial charge in [0.05, 0.1) is 11.1 Å².